The van der Waals surface area contributed by atoms with Gasteiger partial charge in [0.25, 0.3) is 0 Å². The number of hydrogen-bond donors (Lipinski definition) is 0. The van der Waals surface area contributed by atoms with Crippen LogP contribution in [0.15, 0.2) is 30.4 Å². The van der Waals surface area contributed by atoms with Gasteiger partial charge in [-0.05, 0) is 37.0 Å². The molecule has 104 valence electrons. The van der Waals surface area contributed by atoms with Gasteiger partial charge >= 0.3 is 5.97 Å². The van der Waals surface area contributed by atoms with Crippen molar-refractivity contribution in [2.75, 3.05) is 13.2 Å². The maximum Gasteiger partial charge on any atom is 0.336 e. The van der Waals surface area contributed by atoms with E-state index >= 15 is 0 Å². The average molecular weight is 262 g/mol. The maximum atomic E-state index is 11.4. The van der Waals surface area contributed by atoms with E-state index in [9.17, 15) is 4.79 Å². The summed E-state index contributed by atoms with van der Waals surface area (Å²) in [5, 5.41) is 0. The van der Waals surface area contributed by atoms with E-state index in [4.69, 9.17) is 9.47 Å². The van der Waals surface area contributed by atoms with Gasteiger partial charge in [-0.2, -0.15) is 0 Å². The molecule has 0 bridgehead atoms. The molecule has 0 aliphatic carbocycles. The van der Waals surface area contributed by atoms with Crippen LogP contribution >= 0.6 is 0 Å². The number of carbonyl (C=O) groups is 1. The van der Waals surface area contributed by atoms with Crippen LogP contribution in [-0.2, 0) is 9.53 Å². The molecule has 0 aliphatic heterocycles. The van der Waals surface area contributed by atoms with Crippen LogP contribution in [0, 0.1) is 6.92 Å². The number of rotatable bonds is 6. The number of esters is 1. The fraction of sp³-hybridized carbons (Fsp3) is 0.438. The van der Waals surface area contributed by atoms with Crippen LogP contribution in [-0.4, -0.2) is 19.2 Å². The van der Waals surface area contributed by atoms with E-state index in [1.165, 1.54) is 0 Å². The summed E-state index contributed by atoms with van der Waals surface area (Å²) >= 11 is 0. The van der Waals surface area contributed by atoms with Crippen molar-refractivity contribution in [3.63, 3.8) is 0 Å². The molecule has 1 aromatic rings. The Balaban J connectivity index is 2.74. The average Bonchev–Trinajstić information content (AvgIpc) is 2.35. The monoisotopic (exact) mass is 262 g/mol. The summed E-state index contributed by atoms with van der Waals surface area (Å²) in [6.45, 7) is 12.2. The summed E-state index contributed by atoms with van der Waals surface area (Å²) in [4.78, 5) is 11.4. The molecule has 0 radical (unpaired) electrons. The fourth-order valence-corrected chi connectivity index (χ4v) is 1.70. The molecule has 0 fully saturated rings. The molecule has 0 N–H and O–H groups in total. The van der Waals surface area contributed by atoms with Crippen molar-refractivity contribution in [2.24, 2.45) is 0 Å². The Bertz CT molecular complexity index is 461. The third kappa shape index (κ3) is 4.43. The lowest BCUT2D eigenvalue weighted by molar-refractivity contribution is -0.138. The SMILES string of the molecule is C=C(COc1cc(C)ccc1C(C)C)C(=O)OCC. The summed E-state index contributed by atoms with van der Waals surface area (Å²) in [6.07, 6.45) is 0. The Kier molecular flexibility index (Phi) is 5.61. The second-order valence-electron chi connectivity index (χ2n) is 4.81. The second-order valence-corrected chi connectivity index (χ2v) is 4.81. The van der Waals surface area contributed by atoms with E-state index in [1.807, 2.05) is 13.0 Å². The van der Waals surface area contributed by atoms with E-state index in [1.54, 1.807) is 6.92 Å². The Labute approximate surface area is 115 Å². The lowest BCUT2D eigenvalue weighted by Gasteiger charge is -2.15. The van der Waals surface area contributed by atoms with Gasteiger partial charge in [-0.25, -0.2) is 4.79 Å². The third-order valence-electron chi connectivity index (χ3n) is 2.76. The fourth-order valence-electron chi connectivity index (χ4n) is 1.70. The zero-order chi connectivity index (χ0) is 14.4. The first-order chi connectivity index (χ1) is 8.95. The van der Waals surface area contributed by atoms with Gasteiger partial charge in [-0.3, -0.25) is 0 Å². The second kappa shape index (κ2) is 6.98. The van der Waals surface area contributed by atoms with Crippen molar-refractivity contribution in [1.29, 1.82) is 0 Å². The van der Waals surface area contributed by atoms with E-state index in [0.717, 1.165) is 16.9 Å². The number of aryl methyl sites for hydroxylation is 1. The molecule has 19 heavy (non-hydrogen) atoms. The van der Waals surface area contributed by atoms with Crippen LogP contribution in [0.3, 0.4) is 0 Å². The van der Waals surface area contributed by atoms with E-state index in [2.05, 4.69) is 32.6 Å². The first kappa shape index (κ1) is 15.3. The van der Waals surface area contributed by atoms with Gasteiger partial charge in [0, 0.05) is 0 Å². The lowest BCUT2D eigenvalue weighted by atomic mass is 10.0. The van der Waals surface area contributed by atoms with Crippen molar-refractivity contribution in [3.05, 3.63) is 41.5 Å². The maximum absolute atomic E-state index is 11.4. The normalized spacial score (nSPS) is 10.4. The molecule has 0 spiro atoms. The van der Waals surface area contributed by atoms with Crippen LogP contribution in [0.25, 0.3) is 0 Å². The van der Waals surface area contributed by atoms with Crippen molar-refractivity contribution in [1.82, 2.24) is 0 Å². The molecule has 3 nitrogen and oxygen atoms in total. The van der Waals surface area contributed by atoms with Crippen molar-refractivity contribution < 1.29 is 14.3 Å². The topological polar surface area (TPSA) is 35.5 Å². The van der Waals surface area contributed by atoms with Gasteiger partial charge in [0.1, 0.15) is 12.4 Å². The highest BCUT2D eigenvalue weighted by molar-refractivity contribution is 5.88. The van der Waals surface area contributed by atoms with Crippen LogP contribution < -0.4 is 4.74 Å². The molecule has 0 saturated heterocycles. The summed E-state index contributed by atoms with van der Waals surface area (Å²) in [6, 6.07) is 6.10. The molecule has 1 aromatic carbocycles. The van der Waals surface area contributed by atoms with Crippen molar-refractivity contribution in [2.45, 2.75) is 33.6 Å². The molecular weight excluding hydrogens is 240 g/mol. The number of ether oxygens (including phenoxy) is 2. The predicted molar refractivity (Wildman–Crippen MR) is 76.5 cm³/mol. The quantitative estimate of drug-likeness (QED) is 0.580. The lowest BCUT2D eigenvalue weighted by Crippen LogP contribution is -2.13. The van der Waals surface area contributed by atoms with Crippen LogP contribution in [0.5, 0.6) is 5.75 Å². The molecule has 3 heteroatoms. The molecule has 0 atom stereocenters. The minimum absolute atomic E-state index is 0.155. The Hall–Kier alpha value is -1.77. The zero-order valence-electron chi connectivity index (χ0n) is 12.2. The highest BCUT2D eigenvalue weighted by Crippen LogP contribution is 2.27. The summed E-state index contributed by atoms with van der Waals surface area (Å²) in [7, 11) is 0. The predicted octanol–water partition coefficient (Wildman–Crippen LogP) is 3.62. The smallest absolute Gasteiger partial charge is 0.336 e. The summed E-state index contributed by atoms with van der Waals surface area (Å²) in [5.41, 5.74) is 2.58. The van der Waals surface area contributed by atoms with Crippen LogP contribution in [0.2, 0.25) is 0 Å². The van der Waals surface area contributed by atoms with Gasteiger partial charge in [-0.15, -0.1) is 0 Å². The van der Waals surface area contributed by atoms with Gasteiger partial charge in [0.2, 0.25) is 0 Å². The van der Waals surface area contributed by atoms with Gasteiger partial charge in [0.05, 0.1) is 12.2 Å². The van der Waals surface area contributed by atoms with E-state index < -0.39 is 5.97 Å². The largest absolute Gasteiger partial charge is 0.488 e. The minimum Gasteiger partial charge on any atom is -0.488 e. The van der Waals surface area contributed by atoms with Crippen molar-refractivity contribution >= 4 is 5.97 Å². The first-order valence-electron chi connectivity index (χ1n) is 6.54. The molecule has 0 heterocycles. The summed E-state index contributed by atoms with van der Waals surface area (Å²) < 4.78 is 10.6. The molecule has 0 aliphatic rings. The van der Waals surface area contributed by atoms with Crippen molar-refractivity contribution in [3.8, 4) is 5.75 Å². The molecular formula is C16H22O3. The minimum atomic E-state index is -0.402. The Morgan fingerprint density at radius 3 is 2.63 bits per heavy atom. The molecule has 0 amide bonds. The summed E-state index contributed by atoms with van der Waals surface area (Å²) in [5.74, 6) is 0.771. The first-order valence-corrected chi connectivity index (χ1v) is 6.54. The van der Waals surface area contributed by atoms with E-state index in [0.29, 0.717) is 18.1 Å². The Morgan fingerprint density at radius 2 is 2.05 bits per heavy atom. The standard InChI is InChI=1S/C16H22O3/c1-6-18-16(17)13(5)10-19-15-9-12(4)7-8-14(15)11(2)3/h7-9,11H,5-6,10H2,1-4H3. The van der Waals surface area contributed by atoms with Crippen LogP contribution in [0.1, 0.15) is 37.8 Å². The number of carbonyl (C=O) groups excluding carboxylic acids is 1. The Morgan fingerprint density at radius 1 is 1.37 bits per heavy atom. The highest BCUT2D eigenvalue weighted by atomic mass is 16.5. The van der Waals surface area contributed by atoms with Crippen LogP contribution in [0.4, 0.5) is 0 Å². The third-order valence-corrected chi connectivity index (χ3v) is 2.76. The van der Waals surface area contributed by atoms with Gasteiger partial charge in [-0.1, -0.05) is 32.6 Å². The zero-order valence-corrected chi connectivity index (χ0v) is 12.2. The van der Waals surface area contributed by atoms with Gasteiger partial charge in [0.15, 0.2) is 0 Å². The number of hydrogen-bond acceptors (Lipinski definition) is 3. The van der Waals surface area contributed by atoms with E-state index in [-0.39, 0.29) is 6.61 Å². The molecule has 0 aromatic heterocycles. The number of benzene rings is 1. The molecule has 0 unspecified atom stereocenters. The molecule has 0 saturated carbocycles. The highest BCUT2D eigenvalue weighted by Gasteiger charge is 2.12. The van der Waals surface area contributed by atoms with Gasteiger partial charge < -0.3 is 9.47 Å². The molecule has 1 rings (SSSR count).